The van der Waals surface area contributed by atoms with E-state index in [1.54, 1.807) is 11.6 Å². The first-order valence-corrected chi connectivity index (χ1v) is 7.05. The number of aromatic nitrogens is 3. The lowest BCUT2D eigenvalue weighted by Gasteiger charge is -2.17. The molecule has 1 heterocycles. The number of hydrogen-bond donors (Lipinski definition) is 0. The van der Waals surface area contributed by atoms with Gasteiger partial charge in [-0.3, -0.25) is 0 Å². The number of carbonyl (C=O) groups excluding carboxylic acids is 1. The van der Waals surface area contributed by atoms with Crippen LogP contribution in [0.2, 0.25) is 0 Å². The van der Waals surface area contributed by atoms with Gasteiger partial charge in [0.2, 0.25) is 0 Å². The molecule has 1 aromatic heterocycles. The Morgan fingerprint density at radius 2 is 2.11 bits per heavy atom. The summed E-state index contributed by atoms with van der Waals surface area (Å²) in [4.78, 5) is 11.6. The molecule has 1 rings (SSSR count). The van der Waals surface area contributed by atoms with Crippen molar-refractivity contribution in [2.75, 3.05) is 12.4 Å². The van der Waals surface area contributed by atoms with E-state index in [1.165, 1.54) is 0 Å². The van der Waals surface area contributed by atoms with Crippen LogP contribution in [0.3, 0.4) is 0 Å². The van der Waals surface area contributed by atoms with Crippen LogP contribution in [0.4, 0.5) is 0 Å². The summed E-state index contributed by atoms with van der Waals surface area (Å²) in [5.74, 6) is 0.542. The zero-order chi connectivity index (χ0) is 13.8. The average Bonchev–Trinajstić information content (AvgIpc) is 2.59. The van der Waals surface area contributed by atoms with Crippen molar-refractivity contribution in [1.29, 1.82) is 0 Å². The molecule has 18 heavy (non-hydrogen) atoms. The molecule has 0 spiro atoms. The van der Waals surface area contributed by atoms with Crippen molar-refractivity contribution in [2.45, 2.75) is 45.9 Å². The zero-order valence-electron chi connectivity index (χ0n) is 11.7. The van der Waals surface area contributed by atoms with Gasteiger partial charge in [-0.2, -0.15) is 11.8 Å². The minimum Gasteiger partial charge on any atom is -0.461 e. The van der Waals surface area contributed by atoms with Crippen LogP contribution < -0.4 is 0 Å². The number of hydrogen-bond acceptors (Lipinski definition) is 5. The Labute approximate surface area is 112 Å². The summed E-state index contributed by atoms with van der Waals surface area (Å²) in [6.45, 7) is 11.2. The van der Waals surface area contributed by atoms with Crippen molar-refractivity contribution < 1.29 is 9.53 Å². The standard InChI is InChI=1S/C12H21N3O2S/c1-6-17-11(16)10-9(2)15(14-13-10)7-8-18-12(3,4)5/h6-8H2,1-5H3. The van der Waals surface area contributed by atoms with E-state index in [0.29, 0.717) is 12.3 Å². The second-order valence-corrected chi connectivity index (χ2v) is 6.85. The average molecular weight is 271 g/mol. The molecule has 6 heteroatoms. The van der Waals surface area contributed by atoms with E-state index in [9.17, 15) is 4.79 Å². The van der Waals surface area contributed by atoms with E-state index in [-0.39, 0.29) is 4.75 Å². The number of thioether (sulfide) groups is 1. The highest BCUT2D eigenvalue weighted by Gasteiger charge is 2.17. The van der Waals surface area contributed by atoms with Crippen molar-refractivity contribution in [2.24, 2.45) is 0 Å². The van der Waals surface area contributed by atoms with Crippen molar-refractivity contribution in [3.05, 3.63) is 11.4 Å². The number of nitrogens with zero attached hydrogens (tertiary/aromatic N) is 3. The third-order valence-electron chi connectivity index (χ3n) is 2.29. The van der Waals surface area contributed by atoms with Crippen LogP contribution in [-0.2, 0) is 11.3 Å². The lowest BCUT2D eigenvalue weighted by molar-refractivity contribution is 0.0518. The fourth-order valence-corrected chi connectivity index (χ4v) is 2.28. The highest BCUT2D eigenvalue weighted by Crippen LogP contribution is 2.23. The van der Waals surface area contributed by atoms with Crippen LogP contribution in [0.5, 0.6) is 0 Å². The van der Waals surface area contributed by atoms with Gasteiger partial charge in [0.25, 0.3) is 0 Å². The smallest absolute Gasteiger partial charge is 0.360 e. The normalized spacial score (nSPS) is 11.6. The zero-order valence-corrected chi connectivity index (χ0v) is 12.5. The molecule has 0 saturated heterocycles. The van der Waals surface area contributed by atoms with E-state index in [1.807, 2.05) is 18.7 Å². The Morgan fingerprint density at radius 3 is 2.67 bits per heavy atom. The Kier molecular flexibility index (Phi) is 5.19. The van der Waals surface area contributed by atoms with Crippen LogP contribution >= 0.6 is 11.8 Å². The van der Waals surface area contributed by atoms with Gasteiger partial charge in [-0.15, -0.1) is 5.10 Å². The van der Waals surface area contributed by atoms with Crippen LogP contribution in [0.1, 0.15) is 43.9 Å². The summed E-state index contributed by atoms with van der Waals surface area (Å²) in [6.07, 6.45) is 0. The molecule has 0 unspecified atom stereocenters. The molecule has 0 aliphatic carbocycles. The van der Waals surface area contributed by atoms with E-state index >= 15 is 0 Å². The van der Waals surface area contributed by atoms with Gasteiger partial charge in [-0.05, 0) is 13.8 Å². The summed E-state index contributed by atoms with van der Waals surface area (Å²) >= 11 is 1.86. The molecule has 0 radical (unpaired) electrons. The molecule has 0 aliphatic rings. The molecule has 102 valence electrons. The van der Waals surface area contributed by atoms with Gasteiger partial charge in [0, 0.05) is 10.5 Å². The molecular weight excluding hydrogens is 250 g/mol. The third-order valence-corrected chi connectivity index (χ3v) is 3.54. The summed E-state index contributed by atoms with van der Waals surface area (Å²) < 4.78 is 6.91. The Bertz CT molecular complexity index is 410. The fraction of sp³-hybridized carbons (Fsp3) is 0.750. The molecular formula is C12H21N3O2S. The molecule has 5 nitrogen and oxygen atoms in total. The van der Waals surface area contributed by atoms with Gasteiger partial charge in [-0.1, -0.05) is 26.0 Å². The quantitative estimate of drug-likeness (QED) is 0.769. The number of rotatable bonds is 5. The van der Waals surface area contributed by atoms with Crippen LogP contribution in [0.15, 0.2) is 0 Å². The van der Waals surface area contributed by atoms with E-state index in [2.05, 4.69) is 31.1 Å². The van der Waals surface area contributed by atoms with E-state index < -0.39 is 5.97 Å². The second kappa shape index (κ2) is 6.22. The Morgan fingerprint density at radius 1 is 1.44 bits per heavy atom. The topological polar surface area (TPSA) is 57.0 Å². The number of carbonyl (C=O) groups is 1. The van der Waals surface area contributed by atoms with Gasteiger partial charge in [0.1, 0.15) is 0 Å². The van der Waals surface area contributed by atoms with Gasteiger partial charge in [0.15, 0.2) is 5.69 Å². The van der Waals surface area contributed by atoms with E-state index in [0.717, 1.165) is 18.0 Å². The maximum Gasteiger partial charge on any atom is 0.360 e. The highest BCUT2D eigenvalue weighted by molar-refractivity contribution is 8.00. The van der Waals surface area contributed by atoms with Crippen molar-refractivity contribution in [3.8, 4) is 0 Å². The molecule has 0 N–H and O–H groups in total. The lowest BCUT2D eigenvalue weighted by atomic mass is 10.3. The highest BCUT2D eigenvalue weighted by atomic mass is 32.2. The first-order chi connectivity index (χ1) is 8.35. The minimum absolute atomic E-state index is 0.235. The molecule has 0 atom stereocenters. The molecule has 0 amide bonds. The maximum atomic E-state index is 11.6. The molecule has 0 aliphatic heterocycles. The van der Waals surface area contributed by atoms with Gasteiger partial charge in [-0.25, -0.2) is 9.48 Å². The number of ether oxygens (including phenoxy) is 1. The summed E-state index contributed by atoms with van der Waals surface area (Å²) in [5.41, 5.74) is 1.08. The van der Waals surface area contributed by atoms with E-state index in [4.69, 9.17) is 4.74 Å². The predicted octanol–water partition coefficient (Wildman–Crippen LogP) is 2.29. The Balaban J connectivity index is 2.61. The lowest BCUT2D eigenvalue weighted by Crippen LogP contribution is -2.13. The molecule has 1 aromatic rings. The number of esters is 1. The van der Waals surface area contributed by atoms with Crippen LogP contribution in [0.25, 0.3) is 0 Å². The van der Waals surface area contributed by atoms with Crippen LogP contribution in [-0.4, -0.2) is 38.1 Å². The monoisotopic (exact) mass is 271 g/mol. The van der Waals surface area contributed by atoms with Gasteiger partial charge in [0.05, 0.1) is 18.8 Å². The largest absolute Gasteiger partial charge is 0.461 e. The molecule has 0 bridgehead atoms. The van der Waals surface area contributed by atoms with Crippen molar-refractivity contribution >= 4 is 17.7 Å². The fourth-order valence-electron chi connectivity index (χ4n) is 1.40. The third kappa shape index (κ3) is 4.33. The van der Waals surface area contributed by atoms with Crippen LogP contribution in [0, 0.1) is 6.92 Å². The summed E-state index contributed by atoms with van der Waals surface area (Å²) in [7, 11) is 0. The summed E-state index contributed by atoms with van der Waals surface area (Å²) in [6, 6.07) is 0. The second-order valence-electron chi connectivity index (χ2n) is 4.93. The molecule has 0 aromatic carbocycles. The van der Waals surface area contributed by atoms with Crippen molar-refractivity contribution in [3.63, 3.8) is 0 Å². The first-order valence-electron chi connectivity index (χ1n) is 6.06. The predicted molar refractivity (Wildman–Crippen MR) is 72.9 cm³/mol. The Hall–Kier alpha value is -1.04. The summed E-state index contributed by atoms with van der Waals surface area (Å²) in [5, 5.41) is 7.87. The maximum absolute atomic E-state index is 11.6. The van der Waals surface area contributed by atoms with Gasteiger partial charge < -0.3 is 4.74 Å². The minimum atomic E-state index is -0.398. The molecule has 0 saturated carbocycles. The SMILES string of the molecule is CCOC(=O)c1nnn(CCSC(C)(C)C)c1C. The van der Waals surface area contributed by atoms with Crippen molar-refractivity contribution in [1.82, 2.24) is 15.0 Å². The van der Waals surface area contributed by atoms with Gasteiger partial charge >= 0.3 is 5.97 Å². The number of aryl methyl sites for hydroxylation is 1. The molecule has 0 fully saturated rings. The first kappa shape index (κ1) is 15.0.